The quantitative estimate of drug-likeness (QED) is 0.715. The topological polar surface area (TPSA) is 9.23 Å². The summed E-state index contributed by atoms with van der Waals surface area (Å²) >= 11 is 3.81. The summed E-state index contributed by atoms with van der Waals surface area (Å²) in [6.45, 7) is 6.36. The fourth-order valence-electron chi connectivity index (χ4n) is 2.39. The summed E-state index contributed by atoms with van der Waals surface area (Å²) in [6.07, 6.45) is 0. The van der Waals surface area contributed by atoms with Crippen LogP contribution in [0.4, 0.5) is 0 Å². The van der Waals surface area contributed by atoms with Crippen LogP contribution in [0.3, 0.4) is 0 Å². The van der Waals surface area contributed by atoms with Gasteiger partial charge < -0.3 is 4.74 Å². The van der Waals surface area contributed by atoms with Gasteiger partial charge in [0.2, 0.25) is 0 Å². The van der Waals surface area contributed by atoms with Gasteiger partial charge in [-0.3, -0.25) is 0 Å². The van der Waals surface area contributed by atoms with Crippen molar-refractivity contribution in [3.63, 3.8) is 0 Å². The van der Waals surface area contributed by atoms with Crippen molar-refractivity contribution in [2.45, 2.75) is 25.6 Å². The first-order valence-corrected chi connectivity index (χ1v) is 7.29. The van der Waals surface area contributed by atoms with Gasteiger partial charge in [-0.15, -0.1) is 0 Å². The van der Waals surface area contributed by atoms with E-state index in [1.807, 2.05) is 6.07 Å². The predicted molar refractivity (Wildman–Crippen MR) is 84.4 cm³/mol. The van der Waals surface area contributed by atoms with Gasteiger partial charge in [0, 0.05) is 5.56 Å². The maximum absolute atomic E-state index is 5.47. The minimum Gasteiger partial charge on any atom is -0.496 e. The van der Waals surface area contributed by atoms with E-state index in [2.05, 4.69) is 67.0 Å². The lowest BCUT2D eigenvalue weighted by molar-refractivity contribution is 0.410. The summed E-state index contributed by atoms with van der Waals surface area (Å²) in [5.41, 5.74) is 6.25. The van der Waals surface area contributed by atoms with Crippen LogP contribution >= 0.6 is 15.9 Å². The number of benzene rings is 2. The molecule has 0 aliphatic carbocycles. The fraction of sp³-hybridized carbons (Fsp3) is 0.294. The van der Waals surface area contributed by atoms with Crippen molar-refractivity contribution in [3.05, 3.63) is 64.2 Å². The number of alkyl halides is 1. The third-order valence-electron chi connectivity index (χ3n) is 3.19. The molecule has 0 aliphatic rings. The van der Waals surface area contributed by atoms with Crippen LogP contribution in [0.15, 0.2) is 36.4 Å². The summed E-state index contributed by atoms with van der Waals surface area (Å²) in [5, 5.41) is 0. The second-order valence-corrected chi connectivity index (χ2v) is 5.94. The van der Waals surface area contributed by atoms with Gasteiger partial charge in [-0.25, -0.2) is 0 Å². The van der Waals surface area contributed by atoms with Crippen molar-refractivity contribution in [3.8, 4) is 5.75 Å². The molecule has 1 unspecified atom stereocenters. The number of hydrogen-bond donors (Lipinski definition) is 0. The Kier molecular flexibility index (Phi) is 4.31. The Labute approximate surface area is 123 Å². The lowest BCUT2D eigenvalue weighted by Gasteiger charge is -2.16. The van der Waals surface area contributed by atoms with Crippen molar-refractivity contribution >= 4 is 15.9 Å². The summed E-state index contributed by atoms with van der Waals surface area (Å²) < 4.78 is 5.47. The van der Waals surface area contributed by atoms with Crippen LogP contribution in [0.25, 0.3) is 0 Å². The van der Waals surface area contributed by atoms with Gasteiger partial charge >= 0.3 is 0 Å². The van der Waals surface area contributed by atoms with Crippen LogP contribution in [-0.2, 0) is 0 Å². The molecule has 0 aromatic heterocycles. The van der Waals surface area contributed by atoms with E-state index in [1.165, 1.54) is 27.8 Å². The molecule has 0 heterocycles. The van der Waals surface area contributed by atoms with Gasteiger partial charge in [-0.1, -0.05) is 63.0 Å². The molecule has 2 aromatic carbocycles. The molecule has 0 saturated heterocycles. The minimum atomic E-state index is 0.154. The highest BCUT2D eigenvalue weighted by Crippen LogP contribution is 2.37. The molecule has 0 radical (unpaired) electrons. The lowest BCUT2D eigenvalue weighted by atomic mass is 9.99. The van der Waals surface area contributed by atoms with Crippen LogP contribution in [0.5, 0.6) is 5.75 Å². The zero-order valence-electron chi connectivity index (χ0n) is 11.8. The van der Waals surface area contributed by atoms with Crippen LogP contribution in [0.2, 0.25) is 0 Å². The molecular formula is C17H19BrO. The molecule has 0 spiro atoms. The average molecular weight is 319 g/mol. The monoisotopic (exact) mass is 318 g/mol. The number of halogens is 1. The third kappa shape index (κ3) is 3.19. The van der Waals surface area contributed by atoms with Crippen molar-refractivity contribution < 1.29 is 4.74 Å². The van der Waals surface area contributed by atoms with Gasteiger partial charge in [0.25, 0.3) is 0 Å². The summed E-state index contributed by atoms with van der Waals surface area (Å²) in [7, 11) is 1.72. The largest absolute Gasteiger partial charge is 0.496 e. The molecule has 100 valence electrons. The van der Waals surface area contributed by atoms with Crippen molar-refractivity contribution in [1.82, 2.24) is 0 Å². The molecule has 1 atom stereocenters. The maximum Gasteiger partial charge on any atom is 0.123 e. The van der Waals surface area contributed by atoms with E-state index < -0.39 is 0 Å². The summed E-state index contributed by atoms with van der Waals surface area (Å²) in [6, 6.07) is 12.9. The van der Waals surface area contributed by atoms with Crippen molar-refractivity contribution in [2.24, 2.45) is 0 Å². The molecule has 0 N–H and O–H groups in total. The zero-order valence-corrected chi connectivity index (χ0v) is 13.4. The van der Waals surface area contributed by atoms with Gasteiger partial charge in [0.05, 0.1) is 11.9 Å². The number of methoxy groups -OCH3 is 1. The van der Waals surface area contributed by atoms with E-state index in [-0.39, 0.29) is 4.83 Å². The maximum atomic E-state index is 5.47. The van der Waals surface area contributed by atoms with E-state index in [4.69, 9.17) is 4.74 Å². The first-order valence-electron chi connectivity index (χ1n) is 6.38. The molecule has 0 bridgehead atoms. The SMILES string of the molecule is COc1ccc(C)cc1C(Br)c1cc(C)cc(C)c1. The standard InChI is InChI=1S/C17H19BrO/c1-11-5-6-16(19-4)15(10-11)17(18)14-8-12(2)7-13(3)9-14/h5-10,17H,1-4H3. The Balaban J connectivity index is 2.48. The number of ether oxygens (including phenoxy) is 1. The molecule has 2 aromatic rings. The smallest absolute Gasteiger partial charge is 0.123 e. The molecule has 1 nitrogen and oxygen atoms in total. The third-order valence-corrected chi connectivity index (χ3v) is 4.22. The molecule has 0 saturated carbocycles. The van der Waals surface area contributed by atoms with Gasteiger partial charge in [0.15, 0.2) is 0 Å². The predicted octanol–water partition coefficient (Wildman–Crippen LogP) is 5.10. The second kappa shape index (κ2) is 5.79. The first-order chi connectivity index (χ1) is 9.01. The van der Waals surface area contributed by atoms with Crippen LogP contribution in [0.1, 0.15) is 32.6 Å². The molecule has 19 heavy (non-hydrogen) atoms. The highest BCUT2D eigenvalue weighted by atomic mass is 79.9. The normalized spacial score (nSPS) is 12.3. The van der Waals surface area contributed by atoms with Gasteiger partial charge in [-0.2, -0.15) is 0 Å². The number of hydrogen-bond acceptors (Lipinski definition) is 1. The summed E-state index contributed by atoms with van der Waals surface area (Å²) in [5.74, 6) is 0.923. The van der Waals surface area contributed by atoms with Crippen molar-refractivity contribution in [1.29, 1.82) is 0 Å². The van der Waals surface area contributed by atoms with Gasteiger partial charge in [-0.05, 0) is 32.4 Å². The van der Waals surface area contributed by atoms with E-state index in [1.54, 1.807) is 7.11 Å². The molecule has 2 heteroatoms. The Morgan fingerprint density at radius 2 is 1.53 bits per heavy atom. The van der Waals surface area contributed by atoms with E-state index in [0.717, 1.165) is 5.75 Å². The van der Waals surface area contributed by atoms with Crippen LogP contribution in [0, 0.1) is 20.8 Å². The highest BCUT2D eigenvalue weighted by molar-refractivity contribution is 9.09. The first kappa shape index (κ1) is 14.1. The number of aryl methyl sites for hydroxylation is 3. The summed E-state index contributed by atoms with van der Waals surface area (Å²) in [4.78, 5) is 0.154. The molecule has 0 aliphatic heterocycles. The Bertz CT molecular complexity index is 570. The van der Waals surface area contributed by atoms with E-state index in [9.17, 15) is 0 Å². The molecule has 2 rings (SSSR count). The van der Waals surface area contributed by atoms with Crippen LogP contribution in [-0.4, -0.2) is 7.11 Å². The highest BCUT2D eigenvalue weighted by Gasteiger charge is 2.16. The Hall–Kier alpha value is -1.28. The minimum absolute atomic E-state index is 0.154. The lowest BCUT2D eigenvalue weighted by Crippen LogP contribution is -1.98. The average Bonchev–Trinajstić information content (AvgIpc) is 2.36. The second-order valence-electron chi connectivity index (χ2n) is 5.03. The van der Waals surface area contributed by atoms with Gasteiger partial charge in [0.1, 0.15) is 5.75 Å². The molecular weight excluding hydrogens is 300 g/mol. The molecule has 0 fully saturated rings. The van der Waals surface area contributed by atoms with E-state index >= 15 is 0 Å². The molecule has 0 amide bonds. The Morgan fingerprint density at radius 3 is 2.11 bits per heavy atom. The Morgan fingerprint density at radius 1 is 0.895 bits per heavy atom. The van der Waals surface area contributed by atoms with E-state index in [0.29, 0.717) is 0 Å². The fourth-order valence-corrected chi connectivity index (χ4v) is 3.01. The van der Waals surface area contributed by atoms with Crippen LogP contribution < -0.4 is 4.74 Å². The number of rotatable bonds is 3. The van der Waals surface area contributed by atoms with Crippen molar-refractivity contribution in [2.75, 3.05) is 7.11 Å². The zero-order chi connectivity index (χ0) is 14.0.